The van der Waals surface area contributed by atoms with Gasteiger partial charge in [-0.15, -0.1) is 0 Å². The van der Waals surface area contributed by atoms with Gasteiger partial charge in [-0.05, 0) is 19.1 Å². The Hall–Kier alpha value is -2.36. The lowest BCUT2D eigenvalue weighted by atomic mass is 10.1. The number of ketones is 1. The third-order valence-corrected chi connectivity index (χ3v) is 2.34. The molecule has 0 unspecified atom stereocenters. The van der Waals surface area contributed by atoms with Crippen LogP contribution in [0.25, 0.3) is 0 Å². The summed E-state index contributed by atoms with van der Waals surface area (Å²) < 4.78 is 9.97. The molecule has 4 nitrogen and oxygen atoms in total. The van der Waals surface area contributed by atoms with E-state index >= 15 is 0 Å². The molecule has 0 fully saturated rings. The molecule has 0 atom stereocenters. The number of benzene rings is 1. The fourth-order valence-electron chi connectivity index (χ4n) is 1.50. The Labute approximate surface area is 104 Å². The van der Waals surface area contributed by atoms with Crippen LogP contribution in [0.2, 0.25) is 0 Å². The second kappa shape index (κ2) is 5.31. The van der Waals surface area contributed by atoms with Crippen LogP contribution in [-0.2, 0) is 4.74 Å². The first-order valence-corrected chi connectivity index (χ1v) is 5.59. The van der Waals surface area contributed by atoms with E-state index in [9.17, 15) is 9.59 Å². The molecule has 0 aliphatic rings. The Bertz CT molecular complexity index is 554. The summed E-state index contributed by atoms with van der Waals surface area (Å²) in [6, 6.07) is 11.6. The second-order valence-corrected chi connectivity index (χ2v) is 3.58. The quantitative estimate of drug-likeness (QED) is 0.613. The Kier molecular flexibility index (Phi) is 3.57. The van der Waals surface area contributed by atoms with Crippen LogP contribution in [0.4, 0.5) is 0 Å². The molecule has 0 aliphatic heterocycles. The average molecular weight is 244 g/mol. The molecule has 0 bridgehead atoms. The fraction of sp³-hybridized carbons (Fsp3) is 0.143. The van der Waals surface area contributed by atoms with Crippen LogP contribution < -0.4 is 0 Å². The molecule has 0 saturated carbocycles. The van der Waals surface area contributed by atoms with Crippen molar-refractivity contribution in [2.75, 3.05) is 6.61 Å². The monoisotopic (exact) mass is 244 g/mol. The highest BCUT2D eigenvalue weighted by atomic mass is 16.5. The van der Waals surface area contributed by atoms with Gasteiger partial charge in [-0.2, -0.15) is 0 Å². The SMILES string of the molecule is CCOC(=O)c1ccc(C(=O)c2ccccc2)o1. The molecule has 2 aromatic rings. The van der Waals surface area contributed by atoms with Gasteiger partial charge in [-0.3, -0.25) is 4.79 Å². The molecule has 0 N–H and O–H groups in total. The van der Waals surface area contributed by atoms with Crippen LogP contribution in [-0.4, -0.2) is 18.4 Å². The van der Waals surface area contributed by atoms with Crippen LogP contribution in [0.15, 0.2) is 46.9 Å². The van der Waals surface area contributed by atoms with Crippen LogP contribution in [0.5, 0.6) is 0 Å². The first-order valence-electron chi connectivity index (χ1n) is 5.59. The van der Waals surface area contributed by atoms with E-state index in [4.69, 9.17) is 9.15 Å². The molecule has 1 aromatic heterocycles. The van der Waals surface area contributed by atoms with Crippen LogP contribution >= 0.6 is 0 Å². The molecule has 0 aliphatic carbocycles. The van der Waals surface area contributed by atoms with Crippen molar-refractivity contribution >= 4 is 11.8 Å². The Morgan fingerprint density at radius 3 is 2.39 bits per heavy atom. The van der Waals surface area contributed by atoms with E-state index in [-0.39, 0.29) is 23.9 Å². The van der Waals surface area contributed by atoms with Crippen molar-refractivity contribution in [2.24, 2.45) is 0 Å². The number of esters is 1. The third-order valence-electron chi connectivity index (χ3n) is 2.34. The van der Waals surface area contributed by atoms with Crippen molar-refractivity contribution in [1.29, 1.82) is 0 Å². The van der Waals surface area contributed by atoms with E-state index in [1.54, 1.807) is 31.2 Å². The third kappa shape index (κ3) is 2.48. The van der Waals surface area contributed by atoms with Gasteiger partial charge < -0.3 is 9.15 Å². The fourth-order valence-corrected chi connectivity index (χ4v) is 1.50. The van der Waals surface area contributed by atoms with Gasteiger partial charge in [0.2, 0.25) is 11.5 Å². The number of hydrogen-bond acceptors (Lipinski definition) is 4. The van der Waals surface area contributed by atoms with E-state index in [0.29, 0.717) is 5.56 Å². The highest BCUT2D eigenvalue weighted by Gasteiger charge is 2.17. The molecule has 2 rings (SSSR count). The summed E-state index contributed by atoms with van der Waals surface area (Å²) in [6.07, 6.45) is 0. The molecular formula is C14H12O4. The summed E-state index contributed by atoms with van der Waals surface area (Å²) in [7, 11) is 0. The molecule has 92 valence electrons. The van der Waals surface area contributed by atoms with Crippen molar-refractivity contribution in [2.45, 2.75) is 6.92 Å². The lowest BCUT2D eigenvalue weighted by Gasteiger charge is -1.98. The van der Waals surface area contributed by atoms with E-state index < -0.39 is 5.97 Å². The summed E-state index contributed by atoms with van der Waals surface area (Å²) in [4.78, 5) is 23.4. The van der Waals surface area contributed by atoms with Crippen molar-refractivity contribution in [1.82, 2.24) is 0 Å². The zero-order chi connectivity index (χ0) is 13.0. The lowest BCUT2D eigenvalue weighted by Crippen LogP contribution is -2.03. The van der Waals surface area contributed by atoms with Crippen LogP contribution in [0, 0.1) is 0 Å². The first kappa shape index (κ1) is 12.1. The predicted molar refractivity (Wildman–Crippen MR) is 64.5 cm³/mol. The summed E-state index contributed by atoms with van der Waals surface area (Å²) in [5.74, 6) is -0.656. The molecule has 1 heterocycles. The Morgan fingerprint density at radius 1 is 1.06 bits per heavy atom. The van der Waals surface area contributed by atoms with Gasteiger partial charge in [0.05, 0.1) is 6.61 Å². The average Bonchev–Trinajstić information content (AvgIpc) is 2.89. The minimum Gasteiger partial charge on any atom is -0.460 e. The molecule has 0 radical (unpaired) electrons. The molecular weight excluding hydrogens is 232 g/mol. The molecule has 0 spiro atoms. The van der Waals surface area contributed by atoms with Gasteiger partial charge in [-0.25, -0.2) is 4.79 Å². The van der Waals surface area contributed by atoms with E-state index in [1.807, 2.05) is 6.07 Å². The molecule has 1 aromatic carbocycles. The van der Waals surface area contributed by atoms with Crippen LogP contribution in [0.3, 0.4) is 0 Å². The number of ether oxygens (including phenoxy) is 1. The maximum atomic E-state index is 12.0. The van der Waals surface area contributed by atoms with Gasteiger partial charge >= 0.3 is 5.97 Å². The summed E-state index contributed by atoms with van der Waals surface area (Å²) >= 11 is 0. The van der Waals surface area contributed by atoms with E-state index in [1.165, 1.54) is 12.1 Å². The lowest BCUT2D eigenvalue weighted by molar-refractivity contribution is 0.0488. The van der Waals surface area contributed by atoms with E-state index in [2.05, 4.69) is 0 Å². The van der Waals surface area contributed by atoms with Crippen molar-refractivity contribution in [3.8, 4) is 0 Å². The smallest absolute Gasteiger partial charge is 0.374 e. The highest BCUT2D eigenvalue weighted by molar-refractivity contribution is 6.07. The van der Waals surface area contributed by atoms with Crippen molar-refractivity contribution in [3.05, 3.63) is 59.5 Å². The molecule has 0 amide bonds. The van der Waals surface area contributed by atoms with Gasteiger partial charge in [0.15, 0.2) is 5.76 Å². The largest absolute Gasteiger partial charge is 0.460 e. The number of furan rings is 1. The van der Waals surface area contributed by atoms with E-state index in [0.717, 1.165) is 0 Å². The van der Waals surface area contributed by atoms with Gasteiger partial charge in [0.25, 0.3) is 0 Å². The minimum atomic E-state index is -0.565. The van der Waals surface area contributed by atoms with Gasteiger partial charge in [0.1, 0.15) is 0 Å². The zero-order valence-electron chi connectivity index (χ0n) is 9.88. The van der Waals surface area contributed by atoms with Gasteiger partial charge in [-0.1, -0.05) is 30.3 Å². The minimum absolute atomic E-state index is 0.0381. The molecule has 0 saturated heterocycles. The summed E-state index contributed by atoms with van der Waals surface area (Å²) in [5, 5.41) is 0. The molecule has 4 heteroatoms. The number of carbonyl (C=O) groups excluding carboxylic acids is 2. The number of hydrogen-bond donors (Lipinski definition) is 0. The van der Waals surface area contributed by atoms with Crippen molar-refractivity contribution < 1.29 is 18.7 Å². The summed E-state index contributed by atoms with van der Waals surface area (Å²) in [6.45, 7) is 1.97. The zero-order valence-corrected chi connectivity index (χ0v) is 9.88. The normalized spacial score (nSPS) is 10.1. The highest BCUT2D eigenvalue weighted by Crippen LogP contribution is 2.14. The maximum absolute atomic E-state index is 12.0. The number of carbonyl (C=O) groups is 2. The number of rotatable bonds is 4. The Balaban J connectivity index is 2.20. The standard InChI is InChI=1S/C14H12O4/c1-2-17-14(16)12-9-8-11(18-12)13(15)10-6-4-3-5-7-10/h3-9H,2H2,1H3. The predicted octanol–water partition coefficient (Wildman–Crippen LogP) is 2.69. The Morgan fingerprint density at radius 2 is 1.72 bits per heavy atom. The summed E-state index contributed by atoms with van der Waals surface area (Å²) in [5.41, 5.74) is 0.516. The topological polar surface area (TPSA) is 56.5 Å². The van der Waals surface area contributed by atoms with Crippen molar-refractivity contribution in [3.63, 3.8) is 0 Å². The second-order valence-electron chi connectivity index (χ2n) is 3.58. The maximum Gasteiger partial charge on any atom is 0.374 e. The first-order chi connectivity index (χ1) is 8.72. The van der Waals surface area contributed by atoms with Crippen LogP contribution in [0.1, 0.15) is 33.6 Å². The van der Waals surface area contributed by atoms with Gasteiger partial charge in [0, 0.05) is 5.56 Å². The molecule has 18 heavy (non-hydrogen) atoms.